The smallest absolute Gasteiger partial charge is 0.250 e. The number of aromatic nitrogens is 2. The Morgan fingerprint density at radius 3 is 2.79 bits per heavy atom. The molecule has 0 spiro atoms. The summed E-state index contributed by atoms with van der Waals surface area (Å²) in [6.45, 7) is 10.4. The average Bonchev–Trinajstić information content (AvgIpc) is 3.10. The minimum atomic E-state index is -3.46. The molecule has 0 fully saturated rings. The quantitative estimate of drug-likeness (QED) is 0.849. The number of hydrogen-bond donors (Lipinski definition) is 1. The van der Waals surface area contributed by atoms with Crippen molar-refractivity contribution >= 4 is 21.4 Å². The zero-order valence-corrected chi connectivity index (χ0v) is 16.0. The van der Waals surface area contributed by atoms with Gasteiger partial charge in [0, 0.05) is 19.6 Å². The SMILES string of the molecule is Cc1csc(S(=O)(=O)NCc2cc3n(n2)CCN(CC(C)C)C3)c1. The van der Waals surface area contributed by atoms with Gasteiger partial charge in [0.15, 0.2) is 0 Å². The highest BCUT2D eigenvalue weighted by Crippen LogP contribution is 2.20. The van der Waals surface area contributed by atoms with Crippen molar-refractivity contribution in [1.82, 2.24) is 19.4 Å². The molecule has 1 aliphatic rings. The van der Waals surface area contributed by atoms with Gasteiger partial charge in [0.25, 0.3) is 0 Å². The number of fused-ring (bicyclic) bond motifs is 1. The van der Waals surface area contributed by atoms with Crippen molar-refractivity contribution in [1.29, 1.82) is 0 Å². The van der Waals surface area contributed by atoms with E-state index in [1.165, 1.54) is 11.3 Å². The van der Waals surface area contributed by atoms with E-state index in [-0.39, 0.29) is 6.54 Å². The third kappa shape index (κ3) is 4.05. The van der Waals surface area contributed by atoms with Crippen molar-refractivity contribution in [2.24, 2.45) is 5.92 Å². The summed E-state index contributed by atoms with van der Waals surface area (Å²) in [6.07, 6.45) is 0. The Labute approximate surface area is 147 Å². The van der Waals surface area contributed by atoms with Crippen molar-refractivity contribution in [2.75, 3.05) is 13.1 Å². The van der Waals surface area contributed by atoms with E-state index in [0.29, 0.717) is 10.1 Å². The standard InChI is InChI=1S/C16H24N4O2S2/c1-12(2)9-19-4-5-20-15(10-19)7-14(18-20)8-17-24(21,22)16-6-13(3)11-23-16/h6-7,11-12,17H,4-5,8-10H2,1-3H3. The van der Waals surface area contributed by atoms with Crippen molar-refractivity contribution in [3.63, 3.8) is 0 Å². The lowest BCUT2D eigenvalue weighted by atomic mass is 10.2. The maximum absolute atomic E-state index is 12.3. The molecule has 0 saturated heterocycles. The second kappa shape index (κ2) is 6.95. The lowest BCUT2D eigenvalue weighted by Crippen LogP contribution is -2.36. The predicted octanol–water partition coefficient (Wildman–Crippen LogP) is 2.20. The van der Waals surface area contributed by atoms with E-state index < -0.39 is 10.0 Å². The first-order valence-corrected chi connectivity index (χ1v) is 10.5. The summed E-state index contributed by atoms with van der Waals surface area (Å²) >= 11 is 1.24. The molecule has 0 bridgehead atoms. The van der Waals surface area contributed by atoms with Gasteiger partial charge >= 0.3 is 0 Å². The molecule has 3 rings (SSSR count). The van der Waals surface area contributed by atoms with Gasteiger partial charge in [-0.2, -0.15) is 5.10 Å². The van der Waals surface area contributed by atoms with E-state index in [0.717, 1.165) is 43.1 Å². The van der Waals surface area contributed by atoms with Crippen molar-refractivity contribution in [2.45, 2.75) is 44.6 Å². The van der Waals surface area contributed by atoms with Crippen LogP contribution in [0.3, 0.4) is 0 Å². The monoisotopic (exact) mass is 368 g/mol. The van der Waals surface area contributed by atoms with Crippen molar-refractivity contribution < 1.29 is 8.42 Å². The van der Waals surface area contributed by atoms with E-state index in [1.54, 1.807) is 6.07 Å². The molecule has 0 unspecified atom stereocenters. The lowest BCUT2D eigenvalue weighted by molar-refractivity contribution is 0.192. The zero-order chi connectivity index (χ0) is 17.3. The van der Waals surface area contributed by atoms with Crippen LogP contribution in [0.5, 0.6) is 0 Å². The molecular formula is C16H24N4O2S2. The average molecular weight is 369 g/mol. The first-order chi connectivity index (χ1) is 11.3. The van der Waals surface area contributed by atoms with E-state index in [9.17, 15) is 8.42 Å². The molecular weight excluding hydrogens is 344 g/mol. The topological polar surface area (TPSA) is 67.2 Å². The number of sulfonamides is 1. The van der Waals surface area contributed by atoms with Gasteiger partial charge in [0.2, 0.25) is 10.0 Å². The molecule has 0 atom stereocenters. The first kappa shape index (κ1) is 17.6. The highest BCUT2D eigenvalue weighted by atomic mass is 32.2. The number of nitrogens with one attached hydrogen (secondary N) is 1. The summed E-state index contributed by atoms with van der Waals surface area (Å²) in [7, 11) is -3.46. The van der Waals surface area contributed by atoms with Gasteiger partial charge in [-0.05, 0) is 35.9 Å². The van der Waals surface area contributed by atoms with E-state index in [1.807, 2.05) is 23.1 Å². The Balaban J connectivity index is 1.64. The second-order valence-electron chi connectivity index (χ2n) is 6.75. The molecule has 6 nitrogen and oxygen atoms in total. The first-order valence-electron chi connectivity index (χ1n) is 8.16. The molecule has 24 heavy (non-hydrogen) atoms. The number of rotatable bonds is 6. The van der Waals surface area contributed by atoms with Crippen LogP contribution in [0.15, 0.2) is 21.7 Å². The van der Waals surface area contributed by atoms with Gasteiger partial charge in [-0.3, -0.25) is 9.58 Å². The Hall–Kier alpha value is -1.22. The van der Waals surface area contributed by atoms with Crippen LogP contribution in [0.2, 0.25) is 0 Å². The van der Waals surface area contributed by atoms with Gasteiger partial charge in [0.1, 0.15) is 4.21 Å². The summed E-state index contributed by atoms with van der Waals surface area (Å²) in [5.74, 6) is 0.639. The van der Waals surface area contributed by atoms with E-state index in [2.05, 4.69) is 28.6 Å². The molecule has 0 amide bonds. The second-order valence-corrected chi connectivity index (χ2v) is 9.65. The van der Waals surface area contributed by atoms with Crippen LogP contribution in [-0.2, 0) is 29.7 Å². The fourth-order valence-electron chi connectivity index (χ4n) is 2.92. The lowest BCUT2D eigenvalue weighted by Gasteiger charge is -2.28. The molecule has 3 heterocycles. The van der Waals surface area contributed by atoms with Gasteiger partial charge in [-0.25, -0.2) is 13.1 Å². The van der Waals surface area contributed by atoms with Gasteiger partial charge in [-0.15, -0.1) is 11.3 Å². The van der Waals surface area contributed by atoms with Gasteiger partial charge in [-0.1, -0.05) is 13.8 Å². The number of nitrogens with zero attached hydrogens (tertiary/aromatic N) is 3. The maximum Gasteiger partial charge on any atom is 0.250 e. The predicted molar refractivity (Wildman–Crippen MR) is 95.4 cm³/mol. The van der Waals surface area contributed by atoms with E-state index >= 15 is 0 Å². The van der Waals surface area contributed by atoms with Crippen LogP contribution in [0.25, 0.3) is 0 Å². The molecule has 0 aliphatic carbocycles. The molecule has 132 valence electrons. The largest absolute Gasteiger partial charge is 0.295 e. The van der Waals surface area contributed by atoms with Crippen LogP contribution in [0.1, 0.15) is 30.8 Å². The summed E-state index contributed by atoms with van der Waals surface area (Å²) in [5, 5.41) is 6.37. The number of thiophene rings is 1. The maximum atomic E-state index is 12.3. The normalized spacial score (nSPS) is 15.8. The Morgan fingerprint density at radius 1 is 1.33 bits per heavy atom. The third-order valence-corrected chi connectivity index (χ3v) is 6.92. The van der Waals surface area contributed by atoms with Crippen molar-refractivity contribution in [3.8, 4) is 0 Å². The van der Waals surface area contributed by atoms with Crippen LogP contribution >= 0.6 is 11.3 Å². The van der Waals surface area contributed by atoms with Gasteiger partial charge < -0.3 is 0 Å². The van der Waals surface area contributed by atoms with Crippen molar-refractivity contribution in [3.05, 3.63) is 34.5 Å². The van der Waals surface area contributed by atoms with Crippen LogP contribution in [-0.4, -0.2) is 36.2 Å². The third-order valence-electron chi connectivity index (χ3n) is 3.97. The molecule has 0 aromatic carbocycles. The van der Waals surface area contributed by atoms with Crippen LogP contribution in [0.4, 0.5) is 0 Å². The molecule has 0 radical (unpaired) electrons. The molecule has 8 heteroatoms. The minimum absolute atomic E-state index is 0.226. The molecule has 2 aromatic rings. The van der Waals surface area contributed by atoms with Gasteiger partial charge in [0.05, 0.1) is 24.5 Å². The Kier molecular flexibility index (Phi) is 5.10. The fourth-order valence-corrected chi connectivity index (χ4v) is 5.20. The number of aryl methyl sites for hydroxylation is 1. The minimum Gasteiger partial charge on any atom is -0.295 e. The molecule has 0 saturated carbocycles. The summed E-state index contributed by atoms with van der Waals surface area (Å²) in [6, 6.07) is 3.70. The highest BCUT2D eigenvalue weighted by molar-refractivity contribution is 7.91. The van der Waals surface area contributed by atoms with Crippen LogP contribution < -0.4 is 4.72 Å². The summed E-state index contributed by atoms with van der Waals surface area (Å²) in [4.78, 5) is 2.42. The van der Waals surface area contributed by atoms with Crippen LogP contribution in [0, 0.1) is 12.8 Å². The summed E-state index contributed by atoms with van der Waals surface area (Å²) < 4.78 is 29.6. The molecule has 1 N–H and O–H groups in total. The molecule has 1 aliphatic heterocycles. The number of hydrogen-bond acceptors (Lipinski definition) is 5. The summed E-state index contributed by atoms with van der Waals surface area (Å²) in [5.41, 5.74) is 2.89. The fraction of sp³-hybridized carbons (Fsp3) is 0.562. The van der Waals surface area contributed by atoms with E-state index in [4.69, 9.17) is 0 Å². The highest BCUT2D eigenvalue weighted by Gasteiger charge is 2.20. The Morgan fingerprint density at radius 2 is 2.12 bits per heavy atom. The zero-order valence-electron chi connectivity index (χ0n) is 14.3. The Bertz CT molecular complexity index is 808. The molecule has 2 aromatic heterocycles.